The first-order valence-corrected chi connectivity index (χ1v) is 8.71. The van der Waals surface area contributed by atoms with E-state index in [4.69, 9.17) is 4.99 Å². The quantitative estimate of drug-likeness (QED) is 0.437. The Hall–Kier alpha value is -1.38. The SMILES string of the molecule is CCNC(=NCCc1nnc2ccccn12)N1CC(C)(C)C1(C)C.I. The molecule has 1 aliphatic rings. The van der Waals surface area contributed by atoms with Crippen molar-refractivity contribution in [3.05, 3.63) is 30.2 Å². The van der Waals surface area contributed by atoms with Crippen LogP contribution in [0, 0.1) is 5.41 Å². The van der Waals surface area contributed by atoms with E-state index >= 15 is 0 Å². The highest BCUT2D eigenvalue weighted by atomic mass is 127. The van der Waals surface area contributed by atoms with Crippen molar-refractivity contribution in [2.75, 3.05) is 19.6 Å². The zero-order chi connectivity index (χ0) is 17.4. The molecule has 0 radical (unpaired) electrons. The van der Waals surface area contributed by atoms with E-state index in [9.17, 15) is 0 Å². The van der Waals surface area contributed by atoms with Gasteiger partial charge in [0.1, 0.15) is 5.82 Å². The molecule has 0 atom stereocenters. The fourth-order valence-electron chi connectivity index (χ4n) is 3.12. The largest absolute Gasteiger partial charge is 0.356 e. The molecule has 6 nitrogen and oxygen atoms in total. The number of halogens is 1. The molecule has 3 rings (SSSR count). The van der Waals surface area contributed by atoms with Crippen molar-refractivity contribution >= 4 is 35.6 Å². The molecule has 1 aliphatic heterocycles. The van der Waals surface area contributed by atoms with E-state index < -0.39 is 0 Å². The minimum atomic E-state index is 0. The van der Waals surface area contributed by atoms with Crippen molar-refractivity contribution in [1.29, 1.82) is 0 Å². The van der Waals surface area contributed by atoms with Crippen LogP contribution in [-0.4, -0.2) is 50.6 Å². The Morgan fingerprint density at radius 2 is 2.00 bits per heavy atom. The van der Waals surface area contributed by atoms with Crippen molar-refractivity contribution in [3.63, 3.8) is 0 Å². The van der Waals surface area contributed by atoms with Gasteiger partial charge in [-0.2, -0.15) is 0 Å². The highest BCUT2D eigenvalue weighted by Gasteiger charge is 2.53. The molecule has 25 heavy (non-hydrogen) atoms. The number of pyridine rings is 1. The van der Waals surface area contributed by atoms with Gasteiger partial charge in [0.2, 0.25) is 0 Å². The van der Waals surface area contributed by atoms with Crippen LogP contribution in [0.1, 0.15) is 40.4 Å². The van der Waals surface area contributed by atoms with Crippen LogP contribution in [0.15, 0.2) is 29.4 Å². The zero-order valence-corrected chi connectivity index (χ0v) is 18.1. The third-order valence-corrected chi connectivity index (χ3v) is 5.46. The molecular formula is C18H29IN6. The Bertz CT molecular complexity index is 749. The van der Waals surface area contributed by atoms with Gasteiger partial charge in [-0.05, 0) is 32.9 Å². The summed E-state index contributed by atoms with van der Waals surface area (Å²) in [4.78, 5) is 7.20. The molecule has 7 heteroatoms. The lowest BCUT2D eigenvalue weighted by Crippen LogP contribution is -2.72. The number of guanidine groups is 1. The summed E-state index contributed by atoms with van der Waals surface area (Å²) in [5.41, 5.74) is 1.29. The summed E-state index contributed by atoms with van der Waals surface area (Å²) in [7, 11) is 0. The second-order valence-corrected chi connectivity index (χ2v) is 7.56. The van der Waals surface area contributed by atoms with Gasteiger partial charge in [0.25, 0.3) is 0 Å². The van der Waals surface area contributed by atoms with E-state index in [0.29, 0.717) is 12.0 Å². The van der Waals surface area contributed by atoms with E-state index in [2.05, 4.69) is 55.0 Å². The summed E-state index contributed by atoms with van der Waals surface area (Å²) >= 11 is 0. The third kappa shape index (κ3) is 3.61. The van der Waals surface area contributed by atoms with Crippen LogP contribution in [0.5, 0.6) is 0 Å². The molecule has 2 aromatic rings. The number of likely N-dealkylation sites (tertiary alicyclic amines) is 1. The van der Waals surface area contributed by atoms with Gasteiger partial charge in [-0.3, -0.25) is 9.39 Å². The number of rotatable bonds is 4. The highest BCUT2D eigenvalue weighted by molar-refractivity contribution is 14.0. The average Bonchev–Trinajstić information content (AvgIpc) is 2.95. The molecule has 0 aromatic carbocycles. The van der Waals surface area contributed by atoms with E-state index in [1.807, 2.05) is 28.8 Å². The second-order valence-electron chi connectivity index (χ2n) is 7.56. The predicted octanol–water partition coefficient (Wildman–Crippen LogP) is 2.98. The minimum Gasteiger partial charge on any atom is -0.356 e. The first-order chi connectivity index (χ1) is 11.4. The molecule has 0 amide bonds. The summed E-state index contributed by atoms with van der Waals surface area (Å²) in [6, 6.07) is 5.94. The number of aromatic nitrogens is 3. The van der Waals surface area contributed by atoms with Gasteiger partial charge in [0.15, 0.2) is 11.6 Å². The van der Waals surface area contributed by atoms with Gasteiger partial charge < -0.3 is 10.2 Å². The van der Waals surface area contributed by atoms with Gasteiger partial charge in [0, 0.05) is 43.2 Å². The van der Waals surface area contributed by atoms with Crippen molar-refractivity contribution in [3.8, 4) is 0 Å². The van der Waals surface area contributed by atoms with Gasteiger partial charge in [-0.25, -0.2) is 0 Å². The summed E-state index contributed by atoms with van der Waals surface area (Å²) in [5.74, 6) is 1.95. The maximum atomic E-state index is 4.83. The molecule has 0 bridgehead atoms. The van der Waals surface area contributed by atoms with Gasteiger partial charge >= 0.3 is 0 Å². The lowest BCUT2D eigenvalue weighted by atomic mass is 9.65. The standard InChI is InChI=1S/C18H28N6.HI/c1-6-19-16(24-13-17(2,3)18(24,4)5)20-11-10-15-22-21-14-9-7-8-12-23(14)15;/h7-9,12H,6,10-11,13H2,1-5H3,(H,19,20);1H. The fourth-order valence-corrected chi connectivity index (χ4v) is 3.12. The first kappa shape index (κ1) is 19.9. The normalized spacial score (nSPS) is 18.6. The fraction of sp³-hybridized carbons (Fsp3) is 0.611. The molecule has 1 N–H and O–H groups in total. The Morgan fingerprint density at radius 1 is 1.24 bits per heavy atom. The molecule has 0 aliphatic carbocycles. The molecule has 1 saturated heterocycles. The van der Waals surface area contributed by atoms with Crippen LogP contribution in [0.3, 0.4) is 0 Å². The monoisotopic (exact) mass is 456 g/mol. The summed E-state index contributed by atoms with van der Waals surface area (Å²) in [6.07, 6.45) is 2.78. The second kappa shape index (κ2) is 7.47. The highest BCUT2D eigenvalue weighted by Crippen LogP contribution is 2.46. The summed E-state index contributed by atoms with van der Waals surface area (Å²) < 4.78 is 2.03. The molecule has 0 spiro atoms. The topological polar surface area (TPSA) is 57.8 Å². The van der Waals surface area contributed by atoms with Crippen molar-refractivity contribution < 1.29 is 0 Å². The summed E-state index contributed by atoms with van der Waals surface area (Å²) in [5, 5.41) is 11.9. The maximum Gasteiger partial charge on any atom is 0.194 e. The Balaban J connectivity index is 0.00000225. The lowest BCUT2D eigenvalue weighted by molar-refractivity contribution is -0.0667. The van der Waals surface area contributed by atoms with Crippen LogP contribution < -0.4 is 5.32 Å². The number of nitrogens with zero attached hydrogens (tertiary/aromatic N) is 5. The molecule has 1 fully saturated rings. The van der Waals surface area contributed by atoms with E-state index in [1.54, 1.807) is 0 Å². The molecule has 3 heterocycles. The first-order valence-electron chi connectivity index (χ1n) is 8.71. The smallest absolute Gasteiger partial charge is 0.194 e. The Morgan fingerprint density at radius 3 is 2.64 bits per heavy atom. The Kier molecular flexibility index (Phi) is 5.96. The van der Waals surface area contributed by atoms with Crippen LogP contribution >= 0.6 is 24.0 Å². The van der Waals surface area contributed by atoms with E-state index in [-0.39, 0.29) is 29.5 Å². The molecular weight excluding hydrogens is 427 g/mol. The van der Waals surface area contributed by atoms with Crippen LogP contribution in [0.4, 0.5) is 0 Å². The van der Waals surface area contributed by atoms with Crippen molar-refractivity contribution in [1.82, 2.24) is 24.8 Å². The van der Waals surface area contributed by atoms with Crippen molar-refractivity contribution in [2.45, 2.75) is 46.6 Å². The lowest BCUT2D eigenvalue weighted by Gasteiger charge is -2.62. The van der Waals surface area contributed by atoms with Gasteiger partial charge in [0.05, 0.1) is 0 Å². The predicted molar refractivity (Wildman–Crippen MR) is 113 cm³/mol. The number of aliphatic imine (C=N–C) groups is 1. The van der Waals surface area contributed by atoms with Crippen LogP contribution in [0.2, 0.25) is 0 Å². The summed E-state index contributed by atoms with van der Waals surface area (Å²) in [6.45, 7) is 13.9. The third-order valence-electron chi connectivity index (χ3n) is 5.46. The van der Waals surface area contributed by atoms with Crippen molar-refractivity contribution in [2.24, 2.45) is 10.4 Å². The zero-order valence-electron chi connectivity index (χ0n) is 15.8. The average molecular weight is 456 g/mol. The van der Waals surface area contributed by atoms with E-state index in [1.165, 1.54) is 0 Å². The molecule has 2 aromatic heterocycles. The number of hydrogen-bond donors (Lipinski definition) is 1. The van der Waals surface area contributed by atoms with Gasteiger partial charge in [-0.1, -0.05) is 19.9 Å². The van der Waals surface area contributed by atoms with Crippen LogP contribution in [-0.2, 0) is 6.42 Å². The number of fused-ring (bicyclic) bond motifs is 1. The van der Waals surface area contributed by atoms with Crippen LogP contribution in [0.25, 0.3) is 5.65 Å². The number of hydrogen-bond acceptors (Lipinski definition) is 3. The number of nitrogens with one attached hydrogen (secondary N) is 1. The molecule has 138 valence electrons. The minimum absolute atomic E-state index is 0. The molecule has 0 saturated carbocycles. The van der Waals surface area contributed by atoms with Gasteiger partial charge in [-0.15, -0.1) is 34.2 Å². The Labute approximate surface area is 167 Å². The molecule has 0 unspecified atom stereocenters. The van der Waals surface area contributed by atoms with E-state index in [0.717, 1.165) is 36.9 Å². The maximum absolute atomic E-state index is 4.83.